The summed E-state index contributed by atoms with van der Waals surface area (Å²) in [4.78, 5) is 0. The van der Waals surface area contributed by atoms with Crippen molar-refractivity contribution in [1.29, 1.82) is 0 Å². The topological polar surface area (TPSA) is 53.1 Å². The van der Waals surface area contributed by atoms with Gasteiger partial charge in [-0.15, -0.1) is 0 Å². The molecule has 0 fully saturated rings. The molecule has 5 heteroatoms. The molecule has 0 spiro atoms. The number of aryl methyl sites for hydroxylation is 2. The largest absolute Gasteiger partial charge is 0.484 e. The molecule has 21 heavy (non-hydrogen) atoms. The predicted octanol–water partition coefficient (Wildman–Crippen LogP) is 2.68. The van der Waals surface area contributed by atoms with Crippen molar-refractivity contribution >= 4 is 0 Å². The predicted molar refractivity (Wildman–Crippen MR) is 80.8 cm³/mol. The Balaban J connectivity index is 2.07. The molecule has 0 saturated heterocycles. The number of hydrogen-bond donors (Lipinski definition) is 1. The monoisotopic (exact) mass is 291 g/mol. The standard InChI is InChI=1S/C16H22FN3O/c1-3-13-10-14(20(4-2)19-13)11-21-16-6-5-12(7-8-18)9-15(16)17/h5-6,9-10H,3-4,7-8,11,18H2,1-2H3. The zero-order valence-electron chi connectivity index (χ0n) is 12.6. The van der Waals surface area contributed by atoms with Crippen molar-refractivity contribution in [3.8, 4) is 5.75 Å². The van der Waals surface area contributed by atoms with E-state index in [4.69, 9.17) is 10.5 Å². The lowest BCUT2D eigenvalue weighted by Gasteiger charge is -2.09. The van der Waals surface area contributed by atoms with E-state index in [0.717, 1.165) is 29.9 Å². The fourth-order valence-corrected chi connectivity index (χ4v) is 2.21. The Morgan fingerprint density at radius 3 is 2.71 bits per heavy atom. The molecule has 1 aromatic carbocycles. The maximum absolute atomic E-state index is 13.9. The van der Waals surface area contributed by atoms with E-state index in [9.17, 15) is 4.39 Å². The van der Waals surface area contributed by atoms with Crippen LogP contribution in [0.5, 0.6) is 5.75 Å². The molecule has 2 aromatic rings. The molecule has 0 amide bonds. The number of nitrogens with zero attached hydrogens (tertiary/aromatic N) is 2. The van der Waals surface area contributed by atoms with Gasteiger partial charge in [0.1, 0.15) is 6.61 Å². The van der Waals surface area contributed by atoms with Crippen LogP contribution in [0.25, 0.3) is 0 Å². The lowest BCUT2D eigenvalue weighted by molar-refractivity contribution is 0.278. The summed E-state index contributed by atoms with van der Waals surface area (Å²) in [5.41, 5.74) is 8.33. The average Bonchev–Trinajstić information content (AvgIpc) is 2.89. The summed E-state index contributed by atoms with van der Waals surface area (Å²) in [6.45, 7) is 5.68. The van der Waals surface area contributed by atoms with Gasteiger partial charge in [0.2, 0.25) is 0 Å². The number of aromatic nitrogens is 2. The van der Waals surface area contributed by atoms with Crippen molar-refractivity contribution in [2.45, 2.75) is 39.8 Å². The normalized spacial score (nSPS) is 10.9. The summed E-state index contributed by atoms with van der Waals surface area (Å²) in [6.07, 6.45) is 1.54. The first-order chi connectivity index (χ1) is 10.2. The molecule has 0 bridgehead atoms. The van der Waals surface area contributed by atoms with E-state index >= 15 is 0 Å². The van der Waals surface area contributed by atoms with Crippen LogP contribution in [-0.4, -0.2) is 16.3 Å². The second-order valence-corrected chi connectivity index (χ2v) is 4.89. The molecule has 0 aliphatic rings. The Morgan fingerprint density at radius 1 is 1.29 bits per heavy atom. The highest BCUT2D eigenvalue weighted by atomic mass is 19.1. The Morgan fingerprint density at radius 2 is 2.10 bits per heavy atom. The molecule has 0 saturated carbocycles. The number of ether oxygens (including phenoxy) is 1. The van der Waals surface area contributed by atoms with E-state index in [1.807, 2.05) is 23.7 Å². The van der Waals surface area contributed by atoms with Crippen LogP contribution in [-0.2, 0) is 26.0 Å². The molecular weight excluding hydrogens is 269 g/mol. The van der Waals surface area contributed by atoms with E-state index in [0.29, 0.717) is 19.6 Å². The van der Waals surface area contributed by atoms with Gasteiger partial charge in [0.05, 0.1) is 11.4 Å². The van der Waals surface area contributed by atoms with Crippen molar-refractivity contribution < 1.29 is 9.13 Å². The maximum atomic E-state index is 13.9. The average molecular weight is 291 g/mol. The van der Waals surface area contributed by atoms with E-state index in [2.05, 4.69) is 12.0 Å². The van der Waals surface area contributed by atoms with Crippen LogP contribution in [0.1, 0.15) is 30.8 Å². The quantitative estimate of drug-likeness (QED) is 0.853. The molecule has 2 rings (SSSR count). The first-order valence-corrected chi connectivity index (χ1v) is 7.34. The fourth-order valence-electron chi connectivity index (χ4n) is 2.21. The first kappa shape index (κ1) is 15.5. The van der Waals surface area contributed by atoms with Crippen LogP contribution in [0.2, 0.25) is 0 Å². The zero-order chi connectivity index (χ0) is 15.2. The summed E-state index contributed by atoms with van der Waals surface area (Å²) >= 11 is 0. The molecular formula is C16H22FN3O. The van der Waals surface area contributed by atoms with Crippen LogP contribution in [0.3, 0.4) is 0 Å². The number of rotatable bonds is 7. The number of nitrogens with two attached hydrogens (primary N) is 1. The Labute approximate surface area is 124 Å². The van der Waals surface area contributed by atoms with Gasteiger partial charge in [-0.2, -0.15) is 5.10 Å². The minimum atomic E-state index is -0.348. The van der Waals surface area contributed by atoms with E-state index in [1.165, 1.54) is 6.07 Å². The highest BCUT2D eigenvalue weighted by Gasteiger charge is 2.09. The van der Waals surface area contributed by atoms with Crippen molar-refractivity contribution in [2.75, 3.05) is 6.54 Å². The molecule has 0 aliphatic carbocycles. The highest BCUT2D eigenvalue weighted by molar-refractivity contribution is 5.29. The molecule has 114 valence electrons. The van der Waals surface area contributed by atoms with E-state index in [-0.39, 0.29) is 11.6 Å². The van der Waals surface area contributed by atoms with E-state index < -0.39 is 0 Å². The highest BCUT2D eigenvalue weighted by Crippen LogP contribution is 2.20. The summed E-state index contributed by atoms with van der Waals surface area (Å²) in [7, 11) is 0. The van der Waals surface area contributed by atoms with Crippen LogP contribution in [0.15, 0.2) is 24.3 Å². The van der Waals surface area contributed by atoms with Gasteiger partial charge in [-0.3, -0.25) is 4.68 Å². The molecule has 0 unspecified atom stereocenters. The van der Waals surface area contributed by atoms with Crippen molar-refractivity contribution in [2.24, 2.45) is 5.73 Å². The van der Waals surface area contributed by atoms with Crippen LogP contribution in [0, 0.1) is 5.82 Å². The van der Waals surface area contributed by atoms with Crippen LogP contribution >= 0.6 is 0 Å². The zero-order valence-corrected chi connectivity index (χ0v) is 12.6. The Kier molecular flexibility index (Phi) is 5.33. The van der Waals surface area contributed by atoms with Gasteiger partial charge in [0, 0.05) is 6.54 Å². The second kappa shape index (κ2) is 7.22. The second-order valence-electron chi connectivity index (χ2n) is 4.89. The van der Waals surface area contributed by atoms with Gasteiger partial charge in [-0.05, 0) is 50.1 Å². The van der Waals surface area contributed by atoms with Gasteiger partial charge in [0.15, 0.2) is 11.6 Å². The summed E-state index contributed by atoms with van der Waals surface area (Å²) in [6, 6.07) is 6.99. The Bertz CT molecular complexity index is 595. The van der Waals surface area contributed by atoms with Crippen LogP contribution < -0.4 is 10.5 Å². The third kappa shape index (κ3) is 3.82. The summed E-state index contributed by atoms with van der Waals surface area (Å²) in [5, 5.41) is 4.45. The lowest BCUT2D eigenvalue weighted by atomic mass is 10.1. The minimum Gasteiger partial charge on any atom is -0.484 e. The van der Waals surface area contributed by atoms with E-state index in [1.54, 1.807) is 6.07 Å². The third-order valence-electron chi connectivity index (χ3n) is 3.38. The molecule has 0 atom stereocenters. The Hall–Kier alpha value is -1.88. The molecule has 4 nitrogen and oxygen atoms in total. The van der Waals surface area contributed by atoms with Gasteiger partial charge in [-0.1, -0.05) is 13.0 Å². The van der Waals surface area contributed by atoms with Gasteiger partial charge in [0.25, 0.3) is 0 Å². The van der Waals surface area contributed by atoms with Crippen molar-refractivity contribution in [3.63, 3.8) is 0 Å². The first-order valence-electron chi connectivity index (χ1n) is 7.34. The van der Waals surface area contributed by atoms with Crippen LogP contribution in [0.4, 0.5) is 4.39 Å². The van der Waals surface area contributed by atoms with Crippen molar-refractivity contribution in [3.05, 3.63) is 47.0 Å². The molecule has 2 N–H and O–H groups in total. The molecule has 1 heterocycles. The third-order valence-corrected chi connectivity index (χ3v) is 3.38. The lowest BCUT2D eigenvalue weighted by Crippen LogP contribution is -2.07. The maximum Gasteiger partial charge on any atom is 0.165 e. The molecule has 1 aromatic heterocycles. The fraction of sp³-hybridized carbons (Fsp3) is 0.438. The molecule has 0 aliphatic heterocycles. The molecule has 0 radical (unpaired) electrons. The summed E-state index contributed by atoms with van der Waals surface area (Å²) < 4.78 is 21.4. The SMILES string of the molecule is CCc1cc(COc2ccc(CCN)cc2F)n(CC)n1. The number of halogens is 1. The number of benzene rings is 1. The minimum absolute atomic E-state index is 0.262. The van der Waals surface area contributed by atoms with Crippen molar-refractivity contribution in [1.82, 2.24) is 9.78 Å². The van der Waals surface area contributed by atoms with Gasteiger partial charge >= 0.3 is 0 Å². The smallest absolute Gasteiger partial charge is 0.165 e. The number of hydrogen-bond acceptors (Lipinski definition) is 3. The van der Waals surface area contributed by atoms with Gasteiger partial charge < -0.3 is 10.5 Å². The summed E-state index contributed by atoms with van der Waals surface area (Å²) in [5.74, 6) is -0.0862. The van der Waals surface area contributed by atoms with Gasteiger partial charge in [-0.25, -0.2) is 4.39 Å².